The van der Waals surface area contributed by atoms with Crippen LogP contribution >= 0.6 is 0 Å². The van der Waals surface area contributed by atoms with Crippen molar-refractivity contribution in [3.63, 3.8) is 0 Å². The van der Waals surface area contributed by atoms with Crippen molar-refractivity contribution < 1.29 is 19.0 Å². The van der Waals surface area contributed by atoms with Crippen LogP contribution in [0.4, 0.5) is 5.82 Å². The van der Waals surface area contributed by atoms with E-state index in [0.29, 0.717) is 23.6 Å². The third kappa shape index (κ3) is 4.54. The van der Waals surface area contributed by atoms with Crippen LogP contribution in [0.5, 0.6) is 11.5 Å². The highest BCUT2D eigenvalue weighted by Crippen LogP contribution is 2.29. The van der Waals surface area contributed by atoms with Crippen LogP contribution in [0.2, 0.25) is 0 Å². The maximum atomic E-state index is 12.4. The minimum Gasteiger partial charge on any atom is -0.497 e. The summed E-state index contributed by atoms with van der Waals surface area (Å²) in [6.45, 7) is 5.85. The number of methoxy groups -OCH3 is 2. The number of rotatable bonds is 6. The van der Waals surface area contributed by atoms with Crippen molar-refractivity contribution in [1.29, 1.82) is 0 Å². The van der Waals surface area contributed by atoms with E-state index in [-0.39, 0.29) is 0 Å². The number of carbonyl (C=O) groups is 1. The summed E-state index contributed by atoms with van der Waals surface area (Å²) in [6.07, 6.45) is 0. The molecule has 1 aromatic carbocycles. The van der Waals surface area contributed by atoms with Crippen molar-refractivity contribution in [2.24, 2.45) is 0 Å². The third-order valence-corrected chi connectivity index (χ3v) is 4.90. The number of benzene rings is 1. The smallest absolute Gasteiger partial charge is 0.341 e. The van der Waals surface area contributed by atoms with E-state index in [1.165, 1.54) is 7.11 Å². The number of likely N-dealkylation sites (N-methyl/N-ethyl adjacent to an activating group) is 1. The molecule has 0 aliphatic carbocycles. The van der Waals surface area contributed by atoms with E-state index >= 15 is 0 Å². The number of nitrogens with zero attached hydrogens (tertiary/aromatic N) is 3. The molecule has 1 saturated heterocycles. The van der Waals surface area contributed by atoms with Gasteiger partial charge in [-0.25, -0.2) is 9.78 Å². The first-order valence-corrected chi connectivity index (χ1v) is 9.31. The molecule has 2 heterocycles. The predicted molar refractivity (Wildman–Crippen MR) is 107 cm³/mol. The second-order valence-corrected chi connectivity index (χ2v) is 6.86. The molecule has 1 aliphatic rings. The average Bonchev–Trinajstić information content (AvgIpc) is 2.72. The predicted octanol–water partition coefficient (Wildman–Crippen LogP) is 2.52. The summed E-state index contributed by atoms with van der Waals surface area (Å²) >= 11 is 0. The largest absolute Gasteiger partial charge is 0.497 e. The van der Waals surface area contributed by atoms with E-state index in [4.69, 9.17) is 19.2 Å². The minimum absolute atomic E-state index is 0.324. The number of hydrogen-bond donors (Lipinski definition) is 0. The maximum Gasteiger partial charge on any atom is 0.341 e. The van der Waals surface area contributed by atoms with Gasteiger partial charge in [0.2, 0.25) is 0 Å². The standard InChI is InChI=1S/C21H27N3O4/c1-15-20(28-14-16-5-7-17(26-3)8-6-16)18(21(25)27-4)13-19(22-15)24-11-9-23(2)10-12-24/h5-8,13H,9-12,14H2,1-4H3. The molecule has 28 heavy (non-hydrogen) atoms. The number of aromatic nitrogens is 1. The lowest BCUT2D eigenvalue weighted by molar-refractivity contribution is 0.0595. The fourth-order valence-electron chi connectivity index (χ4n) is 3.16. The molecule has 0 spiro atoms. The zero-order chi connectivity index (χ0) is 20.1. The highest BCUT2D eigenvalue weighted by molar-refractivity contribution is 5.93. The van der Waals surface area contributed by atoms with E-state index in [1.54, 1.807) is 13.2 Å². The van der Waals surface area contributed by atoms with E-state index in [1.807, 2.05) is 31.2 Å². The topological polar surface area (TPSA) is 64.1 Å². The molecule has 2 aromatic rings. The molecular formula is C21H27N3O4. The molecule has 1 aliphatic heterocycles. The first kappa shape index (κ1) is 19.9. The molecule has 0 amide bonds. The lowest BCUT2D eigenvalue weighted by Gasteiger charge is -2.33. The van der Waals surface area contributed by atoms with Crippen molar-refractivity contribution in [2.45, 2.75) is 13.5 Å². The average molecular weight is 385 g/mol. The molecule has 150 valence electrons. The van der Waals surface area contributed by atoms with Gasteiger partial charge >= 0.3 is 5.97 Å². The minimum atomic E-state index is -0.425. The quantitative estimate of drug-likeness (QED) is 0.708. The summed E-state index contributed by atoms with van der Waals surface area (Å²) < 4.78 is 16.1. The van der Waals surface area contributed by atoms with Crippen LogP contribution in [0, 0.1) is 6.92 Å². The van der Waals surface area contributed by atoms with Gasteiger partial charge in [0.1, 0.15) is 23.7 Å². The number of pyridine rings is 1. The molecule has 0 atom stereocenters. The van der Waals surface area contributed by atoms with Crippen LogP contribution < -0.4 is 14.4 Å². The van der Waals surface area contributed by atoms with Crippen LogP contribution in [0.3, 0.4) is 0 Å². The normalized spacial score (nSPS) is 14.6. The van der Waals surface area contributed by atoms with E-state index < -0.39 is 5.97 Å². The number of carbonyl (C=O) groups excluding carboxylic acids is 1. The fourth-order valence-corrected chi connectivity index (χ4v) is 3.16. The number of esters is 1. The summed E-state index contributed by atoms with van der Waals surface area (Å²) in [4.78, 5) is 21.6. The second kappa shape index (κ2) is 8.93. The molecule has 0 unspecified atom stereocenters. The lowest BCUT2D eigenvalue weighted by Crippen LogP contribution is -2.45. The zero-order valence-electron chi connectivity index (χ0n) is 16.9. The van der Waals surface area contributed by atoms with E-state index in [0.717, 1.165) is 43.3 Å². The Morgan fingerprint density at radius 2 is 1.79 bits per heavy atom. The summed E-state index contributed by atoms with van der Waals surface area (Å²) in [5.74, 6) is 1.60. The molecule has 7 heteroatoms. The molecule has 1 fully saturated rings. The van der Waals surface area contributed by atoms with Crippen molar-refractivity contribution in [1.82, 2.24) is 9.88 Å². The highest BCUT2D eigenvalue weighted by atomic mass is 16.5. The number of aryl methyl sites for hydroxylation is 1. The van der Waals surface area contributed by atoms with Gasteiger partial charge in [0.05, 0.1) is 19.9 Å². The summed E-state index contributed by atoms with van der Waals surface area (Å²) in [6, 6.07) is 9.38. The van der Waals surface area contributed by atoms with Gasteiger partial charge in [0.25, 0.3) is 0 Å². The van der Waals surface area contributed by atoms with Crippen LogP contribution in [0.15, 0.2) is 30.3 Å². The monoisotopic (exact) mass is 385 g/mol. The van der Waals surface area contributed by atoms with Gasteiger partial charge in [-0.3, -0.25) is 0 Å². The summed E-state index contributed by atoms with van der Waals surface area (Å²) in [5.41, 5.74) is 2.04. The number of hydrogen-bond acceptors (Lipinski definition) is 7. The maximum absolute atomic E-state index is 12.4. The molecule has 0 saturated carbocycles. The van der Waals surface area contributed by atoms with Crippen LogP contribution in [0.1, 0.15) is 21.6 Å². The van der Waals surface area contributed by atoms with Crippen LogP contribution in [-0.2, 0) is 11.3 Å². The Morgan fingerprint density at radius 1 is 1.11 bits per heavy atom. The van der Waals surface area contributed by atoms with Crippen molar-refractivity contribution >= 4 is 11.8 Å². The van der Waals surface area contributed by atoms with Crippen LogP contribution in [-0.4, -0.2) is 63.3 Å². The van der Waals surface area contributed by atoms with Gasteiger partial charge in [-0.05, 0) is 37.7 Å². The van der Waals surface area contributed by atoms with Gasteiger partial charge in [0.15, 0.2) is 5.75 Å². The number of ether oxygens (including phenoxy) is 3. The van der Waals surface area contributed by atoms with Gasteiger partial charge in [-0.1, -0.05) is 12.1 Å². The Morgan fingerprint density at radius 3 is 2.39 bits per heavy atom. The Hall–Kier alpha value is -2.80. The second-order valence-electron chi connectivity index (χ2n) is 6.86. The Kier molecular flexibility index (Phi) is 6.36. The van der Waals surface area contributed by atoms with Crippen LogP contribution in [0.25, 0.3) is 0 Å². The SMILES string of the molecule is COC(=O)c1cc(N2CCN(C)CC2)nc(C)c1OCc1ccc(OC)cc1. The molecule has 0 radical (unpaired) electrons. The number of piperazine rings is 1. The van der Waals surface area contributed by atoms with Gasteiger partial charge in [0, 0.05) is 26.2 Å². The molecule has 3 rings (SSSR count). The first-order valence-electron chi connectivity index (χ1n) is 9.31. The zero-order valence-corrected chi connectivity index (χ0v) is 16.9. The van der Waals surface area contributed by atoms with E-state index in [2.05, 4.69) is 16.8 Å². The Labute approximate surface area is 165 Å². The van der Waals surface area contributed by atoms with Gasteiger partial charge < -0.3 is 24.0 Å². The fraction of sp³-hybridized carbons (Fsp3) is 0.429. The Balaban J connectivity index is 1.83. The molecule has 7 nitrogen and oxygen atoms in total. The third-order valence-electron chi connectivity index (χ3n) is 4.90. The number of anilines is 1. The highest BCUT2D eigenvalue weighted by Gasteiger charge is 2.22. The first-order chi connectivity index (χ1) is 13.5. The molecular weight excluding hydrogens is 358 g/mol. The molecule has 1 aromatic heterocycles. The summed E-state index contributed by atoms with van der Waals surface area (Å²) in [5, 5.41) is 0. The molecule has 0 N–H and O–H groups in total. The van der Waals surface area contributed by atoms with Crippen molar-refractivity contribution in [3.05, 3.63) is 47.2 Å². The Bertz CT molecular complexity index is 815. The van der Waals surface area contributed by atoms with Crippen molar-refractivity contribution in [3.8, 4) is 11.5 Å². The van der Waals surface area contributed by atoms with Crippen molar-refractivity contribution in [2.75, 3.05) is 52.3 Å². The molecule has 0 bridgehead atoms. The van der Waals surface area contributed by atoms with Gasteiger partial charge in [-0.2, -0.15) is 0 Å². The summed E-state index contributed by atoms with van der Waals surface area (Å²) in [7, 11) is 5.11. The lowest BCUT2D eigenvalue weighted by atomic mass is 10.1. The van der Waals surface area contributed by atoms with Gasteiger partial charge in [-0.15, -0.1) is 0 Å². The van der Waals surface area contributed by atoms with E-state index in [9.17, 15) is 4.79 Å².